The number of rotatable bonds is 9. The zero-order chi connectivity index (χ0) is 27.6. The molecule has 0 unspecified atom stereocenters. The van der Waals surface area contributed by atoms with Crippen LogP contribution < -0.4 is 14.8 Å². The quantitative estimate of drug-likeness (QED) is 0.201. The van der Waals surface area contributed by atoms with Crippen LogP contribution >= 0.6 is 0 Å². The number of hydrogen-bond donors (Lipinski definition) is 2. The molecule has 0 radical (unpaired) electrons. The van der Waals surface area contributed by atoms with Crippen LogP contribution in [0.3, 0.4) is 0 Å². The van der Waals surface area contributed by atoms with Gasteiger partial charge in [-0.1, -0.05) is 25.7 Å². The number of nitrogens with zero attached hydrogens (tertiary/aromatic N) is 2. The van der Waals surface area contributed by atoms with E-state index in [9.17, 15) is 26.4 Å². The second-order valence-electron chi connectivity index (χ2n) is 10.1. The Kier molecular flexibility index (Phi) is 8.17. The van der Waals surface area contributed by atoms with Gasteiger partial charge in [0.05, 0.1) is 5.52 Å². The number of carbonyl (C=O) groups excluding carboxylic acids is 1. The Bertz CT molecular complexity index is 1390. The molecular weight excluding hydrogens is 525 g/mol. The molecule has 1 amide bonds. The van der Waals surface area contributed by atoms with Gasteiger partial charge in [0.25, 0.3) is 5.91 Å². The zero-order valence-electron chi connectivity index (χ0n) is 21.1. The smallest absolute Gasteiger partial charge is 0.376 e. The van der Waals surface area contributed by atoms with Crippen molar-refractivity contribution in [2.75, 3.05) is 5.32 Å². The summed E-state index contributed by atoms with van der Waals surface area (Å²) in [6.45, 7) is 10.0. The topological polar surface area (TPSA) is 110 Å². The van der Waals surface area contributed by atoms with Crippen LogP contribution in [-0.4, -0.2) is 43.9 Å². The predicted molar refractivity (Wildman–Crippen MR) is 139 cm³/mol. The van der Waals surface area contributed by atoms with Crippen molar-refractivity contribution in [2.24, 2.45) is 0 Å². The fourth-order valence-corrected chi connectivity index (χ4v) is 4.80. The lowest BCUT2D eigenvalue weighted by Gasteiger charge is -2.18. The largest absolute Gasteiger partial charge is 0.534 e. The van der Waals surface area contributed by atoms with Gasteiger partial charge in [-0.2, -0.15) is 21.6 Å². The van der Waals surface area contributed by atoms with Crippen LogP contribution in [-0.2, 0) is 16.5 Å². The van der Waals surface area contributed by atoms with Crippen molar-refractivity contribution in [3.8, 4) is 5.75 Å². The highest BCUT2D eigenvalue weighted by Crippen LogP contribution is 2.33. The molecule has 200 valence electrons. The molecule has 8 nitrogen and oxygen atoms in total. The summed E-state index contributed by atoms with van der Waals surface area (Å²) in [6, 6.07) is 10.0. The number of nitrogens with one attached hydrogen (secondary N) is 2. The lowest BCUT2D eigenvalue weighted by atomic mass is 10.1. The maximum atomic E-state index is 13.0. The summed E-state index contributed by atoms with van der Waals surface area (Å²) >= 11 is 0. The molecule has 3 rings (SSSR count). The summed E-state index contributed by atoms with van der Waals surface area (Å²) in [4.78, 5) is 20.7. The molecule has 0 aliphatic rings. The van der Waals surface area contributed by atoms with Gasteiger partial charge in [0.2, 0.25) is 5.95 Å². The molecule has 0 aliphatic carbocycles. The second-order valence-corrected chi connectivity index (χ2v) is 17.2. The number of anilines is 2. The minimum absolute atomic E-state index is 0.00709. The first-order valence-electron chi connectivity index (χ1n) is 11.5. The Morgan fingerprint density at radius 2 is 1.76 bits per heavy atom. The van der Waals surface area contributed by atoms with Crippen LogP contribution in [0.2, 0.25) is 25.7 Å². The van der Waals surface area contributed by atoms with Gasteiger partial charge in [-0.15, -0.1) is 0 Å². The normalized spacial score (nSPS) is 12.6. The van der Waals surface area contributed by atoms with E-state index in [1.54, 1.807) is 30.3 Å². The molecule has 13 heteroatoms. The van der Waals surface area contributed by atoms with E-state index in [0.717, 1.165) is 0 Å². The molecule has 37 heavy (non-hydrogen) atoms. The first kappa shape index (κ1) is 28.4. The van der Waals surface area contributed by atoms with Crippen molar-refractivity contribution in [3.05, 3.63) is 53.7 Å². The Morgan fingerprint density at radius 3 is 2.32 bits per heavy atom. The monoisotopic (exact) mass is 554 g/mol. The first-order chi connectivity index (χ1) is 17.0. The summed E-state index contributed by atoms with van der Waals surface area (Å²) in [5.74, 6) is -0.491. The fraction of sp³-hybridized carbons (Fsp3) is 0.375. The third kappa shape index (κ3) is 7.65. The maximum absolute atomic E-state index is 13.0. The Morgan fingerprint density at radius 1 is 1.11 bits per heavy atom. The molecule has 2 aromatic carbocycles. The van der Waals surface area contributed by atoms with Crippen molar-refractivity contribution in [1.29, 1.82) is 0 Å². The molecule has 1 aromatic heterocycles. The van der Waals surface area contributed by atoms with E-state index in [4.69, 9.17) is 0 Å². The average Bonchev–Trinajstić information content (AvgIpc) is 2.76. The number of halogens is 3. The number of benzene rings is 2. The van der Waals surface area contributed by atoms with E-state index >= 15 is 0 Å². The Labute approximate surface area is 214 Å². The molecule has 0 saturated carbocycles. The third-order valence-corrected chi connectivity index (χ3v) is 7.93. The lowest BCUT2D eigenvalue weighted by Crippen LogP contribution is -2.29. The second kappa shape index (κ2) is 10.7. The first-order valence-corrected chi connectivity index (χ1v) is 16.6. The number of carbonyl (C=O) groups is 1. The highest BCUT2D eigenvalue weighted by atomic mass is 32.2. The van der Waals surface area contributed by atoms with Gasteiger partial charge in [0, 0.05) is 43.0 Å². The number of hydrogen-bond acceptors (Lipinski definition) is 7. The van der Waals surface area contributed by atoms with E-state index in [0.29, 0.717) is 34.7 Å². The number of aryl methyl sites for hydroxylation is 1. The lowest BCUT2D eigenvalue weighted by molar-refractivity contribution is -0.0500. The van der Waals surface area contributed by atoms with Crippen molar-refractivity contribution >= 4 is 46.6 Å². The third-order valence-electron chi connectivity index (χ3n) is 5.21. The number of aromatic nitrogens is 2. The number of alkyl halides is 3. The molecule has 0 atom stereocenters. The summed E-state index contributed by atoms with van der Waals surface area (Å²) in [7, 11) is -7.44. The molecule has 0 aliphatic heterocycles. The van der Waals surface area contributed by atoms with Gasteiger partial charge in [-0.3, -0.25) is 4.79 Å². The molecular formula is C24H29F3N4O4SSi. The van der Waals surface area contributed by atoms with Crippen molar-refractivity contribution in [1.82, 2.24) is 15.3 Å². The zero-order valence-corrected chi connectivity index (χ0v) is 22.9. The van der Waals surface area contributed by atoms with E-state index in [2.05, 4.69) is 44.4 Å². The Hall–Kier alpha value is -3.19. The van der Waals surface area contributed by atoms with E-state index in [1.807, 2.05) is 13.8 Å². The summed E-state index contributed by atoms with van der Waals surface area (Å²) < 4.78 is 67.1. The summed E-state index contributed by atoms with van der Waals surface area (Å²) in [6.07, 6.45) is 1.85. The minimum atomic E-state index is -5.85. The highest BCUT2D eigenvalue weighted by molar-refractivity contribution is 7.88. The van der Waals surface area contributed by atoms with Gasteiger partial charge in [-0.25, -0.2) is 9.97 Å². The standard InChI is InChI=1S/C24H29F3N4O4SSi/c1-15(2)29-22(32)16-6-8-19(9-7-16)30-23-28-14-18-12-17(10-11-37(3,4)5)21(13-20(18)31-23)35-36(33,34)24(25,26)27/h6-9,12-15H,10-11H2,1-5H3,(H,29,32)(H,28,30,31). The molecule has 3 aromatic rings. The molecule has 0 fully saturated rings. The van der Waals surface area contributed by atoms with Crippen molar-refractivity contribution in [2.45, 2.75) is 57.5 Å². The molecule has 1 heterocycles. The van der Waals surface area contributed by atoms with Gasteiger partial charge in [0.15, 0.2) is 0 Å². The van der Waals surface area contributed by atoms with Crippen LogP contribution in [0.15, 0.2) is 42.6 Å². The molecule has 0 bridgehead atoms. The summed E-state index contributed by atoms with van der Waals surface area (Å²) in [5.41, 5.74) is -3.98. The van der Waals surface area contributed by atoms with Gasteiger partial charge in [0.1, 0.15) is 5.75 Å². The predicted octanol–water partition coefficient (Wildman–Crippen LogP) is 5.62. The van der Waals surface area contributed by atoms with Crippen LogP contribution in [0.4, 0.5) is 24.8 Å². The van der Waals surface area contributed by atoms with Crippen LogP contribution in [0.5, 0.6) is 5.75 Å². The Balaban J connectivity index is 1.92. The van der Waals surface area contributed by atoms with Crippen molar-refractivity contribution in [3.63, 3.8) is 0 Å². The fourth-order valence-electron chi connectivity index (χ4n) is 3.29. The molecule has 2 N–H and O–H groups in total. The van der Waals surface area contributed by atoms with Gasteiger partial charge < -0.3 is 14.8 Å². The molecule has 0 spiro atoms. The minimum Gasteiger partial charge on any atom is -0.376 e. The van der Waals surface area contributed by atoms with Crippen LogP contribution in [0.25, 0.3) is 10.9 Å². The van der Waals surface area contributed by atoms with E-state index < -0.39 is 29.4 Å². The highest BCUT2D eigenvalue weighted by Gasteiger charge is 2.48. The molecule has 0 saturated heterocycles. The van der Waals surface area contributed by atoms with Crippen LogP contribution in [0, 0.1) is 0 Å². The SMILES string of the molecule is CC(C)NC(=O)c1ccc(Nc2ncc3cc(CC[Si](C)(C)C)c(OS(=O)(=O)C(F)(F)F)cc3n2)cc1. The van der Waals surface area contributed by atoms with E-state index in [1.165, 1.54) is 12.3 Å². The van der Waals surface area contributed by atoms with E-state index in [-0.39, 0.29) is 23.4 Å². The summed E-state index contributed by atoms with van der Waals surface area (Å²) in [5, 5.41) is 6.28. The average molecular weight is 555 g/mol. The van der Waals surface area contributed by atoms with Gasteiger partial charge >= 0.3 is 15.6 Å². The number of fused-ring (bicyclic) bond motifs is 1. The maximum Gasteiger partial charge on any atom is 0.534 e. The number of amides is 1. The van der Waals surface area contributed by atoms with Gasteiger partial charge in [-0.05, 0) is 56.2 Å². The van der Waals surface area contributed by atoms with Crippen molar-refractivity contribution < 1.29 is 30.6 Å². The van der Waals surface area contributed by atoms with Crippen LogP contribution in [0.1, 0.15) is 29.8 Å².